The molecule has 1 aromatic heterocycles. The molecule has 1 fully saturated rings. The Kier molecular flexibility index (Phi) is 4.19. The lowest BCUT2D eigenvalue weighted by Gasteiger charge is -2.33. The highest BCUT2D eigenvalue weighted by atomic mass is 79.9. The second-order valence-electron chi connectivity index (χ2n) is 4.76. The minimum absolute atomic E-state index is 0.231. The summed E-state index contributed by atoms with van der Waals surface area (Å²) in [7, 11) is 0. The fourth-order valence-electron chi connectivity index (χ4n) is 2.34. The highest BCUT2D eigenvalue weighted by molar-refractivity contribution is 9.10. The van der Waals surface area contributed by atoms with Crippen LogP contribution in [0, 0.1) is 0 Å². The van der Waals surface area contributed by atoms with Gasteiger partial charge in [0.05, 0.1) is 0 Å². The van der Waals surface area contributed by atoms with Crippen LogP contribution < -0.4 is 5.32 Å². The number of rotatable bonds is 3. The van der Waals surface area contributed by atoms with E-state index in [4.69, 9.17) is 0 Å². The van der Waals surface area contributed by atoms with Gasteiger partial charge in [-0.2, -0.15) is 0 Å². The average molecular weight is 327 g/mol. The van der Waals surface area contributed by atoms with E-state index in [2.05, 4.69) is 26.2 Å². The zero-order valence-corrected chi connectivity index (χ0v) is 11.9. The second-order valence-corrected chi connectivity index (χ2v) is 5.68. The number of carboxylic acid groups (broad SMARTS) is 1. The Morgan fingerprint density at radius 3 is 2.47 bits per heavy atom. The molecule has 6 heteroatoms. The van der Waals surface area contributed by atoms with Crippen LogP contribution in [0.25, 0.3) is 0 Å². The topological polar surface area (TPSA) is 79.3 Å². The molecule has 0 aromatic carbocycles. The van der Waals surface area contributed by atoms with Crippen molar-refractivity contribution in [2.75, 3.05) is 0 Å². The number of halogens is 1. The summed E-state index contributed by atoms with van der Waals surface area (Å²) in [6.07, 6.45) is 5.13. The van der Waals surface area contributed by atoms with Crippen LogP contribution in [0.5, 0.6) is 0 Å². The number of carbonyl (C=O) groups is 2. The van der Waals surface area contributed by atoms with Gasteiger partial charge in [0.1, 0.15) is 11.2 Å². The molecule has 1 heterocycles. The molecule has 1 aliphatic carbocycles. The molecule has 0 saturated heterocycles. The van der Waals surface area contributed by atoms with Crippen molar-refractivity contribution < 1.29 is 14.7 Å². The molecular weight excluding hydrogens is 312 g/mol. The van der Waals surface area contributed by atoms with Gasteiger partial charge in [-0.1, -0.05) is 19.3 Å². The number of pyridine rings is 1. The van der Waals surface area contributed by atoms with Gasteiger partial charge in [-0.3, -0.25) is 4.79 Å². The van der Waals surface area contributed by atoms with Crippen LogP contribution in [0.3, 0.4) is 0 Å². The van der Waals surface area contributed by atoms with Crippen LogP contribution in [0.2, 0.25) is 0 Å². The Bertz CT molecular complexity index is 481. The van der Waals surface area contributed by atoms with Crippen LogP contribution in [0.15, 0.2) is 22.8 Å². The maximum atomic E-state index is 12.1. The van der Waals surface area contributed by atoms with Crippen LogP contribution in [0.1, 0.15) is 42.6 Å². The smallest absolute Gasteiger partial charge is 0.329 e. The van der Waals surface area contributed by atoms with Gasteiger partial charge in [-0.15, -0.1) is 0 Å². The Morgan fingerprint density at radius 1 is 1.26 bits per heavy atom. The number of aliphatic carboxylic acids is 1. The second kappa shape index (κ2) is 5.69. The van der Waals surface area contributed by atoms with Crippen molar-refractivity contribution in [1.29, 1.82) is 0 Å². The monoisotopic (exact) mass is 326 g/mol. The van der Waals surface area contributed by atoms with Crippen molar-refractivity contribution in [3.05, 3.63) is 28.5 Å². The van der Waals surface area contributed by atoms with E-state index < -0.39 is 17.4 Å². The first-order valence-electron chi connectivity index (χ1n) is 6.21. The summed E-state index contributed by atoms with van der Waals surface area (Å²) in [4.78, 5) is 27.5. The van der Waals surface area contributed by atoms with Crippen LogP contribution in [-0.2, 0) is 4.79 Å². The fraction of sp³-hybridized carbons (Fsp3) is 0.462. The Balaban J connectivity index is 2.15. The van der Waals surface area contributed by atoms with Gasteiger partial charge in [0, 0.05) is 10.7 Å². The summed E-state index contributed by atoms with van der Waals surface area (Å²) in [5, 5.41) is 12.0. The lowest BCUT2D eigenvalue weighted by atomic mass is 9.81. The summed E-state index contributed by atoms with van der Waals surface area (Å²) in [6, 6.07) is 3.27. The van der Waals surface area contributed by atoms with E-state index in [0.29, 0.717) is 12.8 Å². The molecule has 1 amide bonds. The van der Waals surface area contributed by atoms with E-state index in [1.807, 2.05) is 0 Å². The molecule has 1 saturated carbocycles. The van der Waals surface area contributed by atoms with Gasteiger partial charge >= 0.3 is 5.97 Å². The minimum Gasteiger partial charge on any atom is -0.480 e. The van der Waals surface area contributed by atoms with E-state index in [-0.39, 0.29) is 5.69 Å². The molecule has 5 nitrogen and oxygen atoms in total. The number of aromatic nitrogens is 1. The van der Waals surface area contributed by atoms with Crippen molar-refractivity contribution in [2.45, 2.75) is 37.6 Å². The highest BCUT2D eigenvalue weighted by Crippen LogP contribution is 2.28. The van der Waals surface area contributed by atoms with Crippen molar-refractivity contribution in [2.24, 2.45) is 0 Å². The van der Waals surface area contributed by atoms with Gasteiger partial charge in [0.15, 0.2) is 0 Å². The summed E-state index contributed by atoms with van der Waals surface area (Å²) in [5.41, 5.74) is -0.904. The Labute approximate surface area is 119 Å². The number of nitrogens with zero attached hydrogens (tertiary/aromatic N) is 1. The van der Waals surface area contributed by atoms with E-state index in [1.54, 1.807) is 12.1 Å². The molecule has 0 aliphatic heterocycles. The molecule has 1 aliphatic rings. The molecule has 0 atom stereocenters. The van der Waals surface area contributed by atoms with Gasteiger partial charge < -0.3 is 10.4 Å². The molecule has 19 heavy (non-hydrogen) atoms. The van der Waals surface area contributed by atoms with Crippen LogP contribution in [-0.4, -0.2) is 27.5 Å². The van der Waals surface area contributed by atoms with Crippen LogP contribution in [0.4, 0.5) is 0 Å². The Hall–Kier alpha value is -1.43. The SMILES string of the molecule is O=C(NC1(C(=O)O)CCCCC1)c1ccc(Br)cn1. The molecule has 102 valence electrons. The van der Waals surface area contributed by atoms with E-state index in [9.17, 15) is 14.7 Å². The van der Waals surface area contributed by atoms with Crippen molar-refractivity contribution >= 4 is 27.8 Å². The fourth-order valence-corrected chi connectivity index (χ4v) is 2.57. The maximum absolute atomic E-state index is 12.1. The van der Waals surface area contributed by atoms with E-state index in [0.717, 1.165) is 23.7 Å². The first-order valence-corrected chi connectivity index (χ1v) is 7.00. The number of nitrogens with one attached hydrogen (secondary N) is 1. The molecule has 0 bridgehead atoms. The van der Waals surface area contributed by atoms with Gasteiger partial charge in [0.25, 0.3) is 5.91 Å². The maximum Gasteiger partial charge on any atom is 0.329 e. The molecular formula is C13H15BrN2O3. The van der Waals surface area contributed by atoms with Gasteiger partial charge in [-0.05, 0) is 40.9 Å². The number of hydrogen-bond acceptors (Lipinski definition) is 3. The molecule has 0 unspecified atom stereocenters. The first kappa shape index (κ1) is 14.0. The minimum atomic E-state index is -1.13. The molecule has 0 radical (unpaired) electrons. The highest BCUT2D eigenvalue weighted by Gasteiger charge is 2.41. The first-order chi connectivity index (χ1) is 9.03. The lowest BCUT2D eigenvalue weighted by Crippen LogP contribution is -2.55. The lowest BCUT2D eigenvalue weighted by molar-refractivity contribution is -0.145. The summed E-state index contributed by atoms with van der Waals surface area (Å²) in [5.74, 6) is -1.39. The van der Waals surface area contributed by atoms with Gasteiger partial charge in [0.2, 0.25) is 0 Å². The molecule has 1 aromatic rings. The normalized spacial score (nSPS) is 17.7. The van der Waals surface area contributed by atoms with E-state index >= 15 is 0 Å². The third-order valence-corrected chi connectivity index (χ3v) is 3.90. The van der Waals surface area contributed by atoms with Crippen LogP contribution >= 0.6 is 15.9 Å². The largest absolute Gasteiger partial charge is 0.480 e. The van der Waals surface area contributed by atoms with E-state index in [1.165, 1.54) is 6.20 Å². The summed E-state index contributed by atoms with van der Waals surface area (Å²) >= 11 is 3.24. The number of carbonyl (C=O) groups excluding carboxylic acids is 1. The standard InChI is InChI=1S/C13H15BrN2O3/c14-9-4-5-10(15-8-9)11(17)16-13(12(18)19)6-2-1-3-7-13/h4-5,8H,1-3,6-7H2,(H,16,17)(H,18,19). The quantitative estimate of drug-likeness (QED) is 0.893. The third kappa shape index (κ3) is 3.12. The summed E-state index contributed by atoms with van der Waals surface area (Å²) < 4.78 is 0.773. The zero-order chi connectivity index (χ0) is 13.9. The molecule has 2 N–H and O–H groups in total. The van der Waals surface area contributed by atoms with Gasteiger partial charge in [-0.25, -0.2) is 9.78 Å². The van der Waals surface area contributed by atoms with Crippen molar-refractivity contribution in [1.82, 2.24) is 10.3 Å². The number of hydrogen-bond donors (Lipinski definition) is 2. The average Bonchev–Trinajstić information content (AvgIpc) is 2.40. The van der Waals surface area contributed by atoms with Crippen molar-refractivity contribution in [3.63, 3.8) is 0 Å². The molecule has 0 spiro atoms. The summed E-state index contributed by atoms with van der Waals surface area (Å²) in [6.45, 7) is 0. The number of carboxylic acids is 1. The number of amides is 1. The predicted molar refractivity (Wildman–Crippen MR) is 72.9 cm³/mol. The third-order valence-electron chi connectivity index (χ3n) is 3.43. The Morgan fingerprint density at radius 2 is 1.95 bits per heavy atom. The molecule has 2 rings (SSSR count). The van der Waals surface area contributed by atoms with Crippen molar-refractivity contribution in [3.8, 4) is 0 Å². The zero-order valence-electron chi connectivity index (χ0n) is 10.4. The predicted octanol–water partition coefficient (Wildman–Crippen LogP) is 2.36.